The molecule has 2 nitrogen and oxygen atoms in total. The maximum atomic E-state index is 6.20. The Labute approximate surface area is 142 Å². The Kier molecular flexibility index (Phi) is 7.87. The molecule has 1 fully saturated rings. The number of pyridine rings is 1. The molecule has 0 aromatic carbocycles. The van der Waals surface area contributed by atoms with Crippen LogP contribution in [0.1, 0.15) is 70.6 Å². The van der Waals surface area contributed by atoms with Gasteiger partial charge in [-0.05, 0) is 34.8 Å². The van der Waals surface area contributed by atoms with Crippen LogP contribution in [-0.4, -0.2) is 11.0 Å². The molecule has 0 amide bonds. The number of anilines is 1. The van der Waals surface area contributed by atoms with E-state index in [1.807, 2.05) is 6.07 Å². The van der Waals surface area contributed by atoms with Crippen LogP contribution in [0, 0.1) is 0 Å². The van der Waals surface area contributed by atoms with Gasteiger partial charge in [0.25, 0.3) is 0 Å². The molecule has 1 aliphatic carbocycles. The number of rotatable bonds is 2. The molecule has 0 unspecified atom stereocenters. The molecule has 0 spiro atoms. The van der Waals surface area contributed by atoms with Gasteiger partial charge in [-0.3, -0.25) is 0 Å². The molecule has 1 saturated carbocycles. The Morgan fingerprint density at radius 2 is 1.48 bits per heavy atom. The molecule has 4 heteroatoms. The van der Waals surface area contributed by atoms with Gasteiger partial charge in [0, 0.05) is 16.7 Å². The van der Waals surface area contributed by atoms with Crippen LogP contribution in [0.15, 0.2) is 16.7 Å². The minimum Gasteiger partial charge on any atom is -0.380 e. The zero-order chi connectivity index (χ0) is 14.9. The molecular formula is C17H26BrClN2. The molecule has 1 heterocycles. The summed E-state index contributed by atoms with van der Waals surface area (Å²) in [4.78, 5) is 4.20. The van der Waals surface area contributed by atoms with Gasteiger partial charge >= 0.3 is 0 Å². The average molecular weight is 374 g/mol. The van der Waals surface area contributed by atoms with Gasteiger partial charge in [-0.1, -0.05) is 69.4 Å². The Bertz CT molecular complexity index is 413. The summed E-state index contributed by atoms with van der Waals surface area (Å²) in [7, 11) is 0. The minimum absolute atomic E-state index is 0.526. The topological polar surface area (TPSA) is 24.9 Å². The number of aromatic nitrogens is 1. The first kappa shape index (κ1) is 17.1. The molecule has 0 bridgehead atoms. The fourth-order valence-corrected chi connectivity index (χ4v) is 3.54. The van der Waals surface area contributed by atoms with Crippen molar-refractivity contribution in [2.45, 2.75) is 76.7 Å². The van der Waals surface area contributed by atoms with Gasteiger partial charge in [-0.15, -0.1) is 0 Å². The molecule has 0 aliphatic heterocycles. The number of hydrogen-bond acceptors (Lipinski definition) is 2. The molecule has 1 N–H and O–H groups in total. The van der Waals surface area contributed by atoms with E-state index in [0.717, 1.165) is 10.2 Å². The number of halogens is 2. The van der Waals surface area contributed by atoms with Crippen molar-refractivity contribution in [3.63, 3.8) is 0 Å². The highest BCUT2D eigenvalue weighted by atomic mass is 79.9. The van der Waals surface area contributed by atoms with Crippen LogP contribution in [0.3, 0.4) is 0 Å². The van der Waals surface area contributed by atoms with Gasteiger partial charge in [-0.2, -0.15) is 0 Å². The summed E-state index contributed by atoms with van der Waals surface area (Å²) in [6, 6.07) is 2.56. The lowest BCUT2D eigenvalue weighted by molar-refractivity contribution is 0.480. The second kappa shape index (κ2) is 9.68. The number of nitrogens with one attached hydrogen (secondary N) is 1. The van der Waals surface area contributed by atoms with E-state index in [1.54, 1.807) is 6.20 Å². The SMILES string of the molecule is Clc1ncc(Br)cc1NC1CCCCCCCCCCC1. The lowest BCUT2D eigenvalue weighted by Crippen LogP contribution is -2.20. The van der Waals surface area contributed by atoms with Crippen molar-refractivity contribution in [3.05, 3.63) is 21.9 Å². The highest BCUT2D eigenvalue weighted by Crippen LogP contribution is 2.26. The van der Waals surface area contributed by atoms with Crippen molar-refractivity contribution in [2.24, 2.45) is 0 Å². The van der Waals surface area contributed by atoms with Gasteiger partial charge in [0.05, 0.1) is 5.69 Å². The Balaban J connectivity index is 1.92. The first-order valence-electron chi connectivity index (χ1n) is 8.33. The Morgan fingerprint density at radius 1 is 0.952 bits per heavy atom. The standard InChI is InChI=1S/C17H26BrClN2/c18-14-12-16(17(19)20-13-14)21-15-10-8-6-4-2-1-3-5-7-9-11-15/h12-13,15,21H,1-11H2. The monoisotopic (exact) mass is 372 g/mol. The van der Waals surface area contributed by atoms with Gasteiger partial charge in [0.15, 0.2) is 5.15 Å². The molecule has 1 aromatic rings. The van der Waals surface area contributed by atoms with Crippen molar-refractivity contribution in [1.29, 1.82) is 0 Å². The van der Waals surface area contributed by atoms with Gasteiger partial charge < -0.3 is 5.32 Å². The summed E-state index contributed by atoms with van der Waals surface area (Å²) in [5, 5.41) is 4.19. The summed E-state index contributed by atoms with van der Waals surface area (Å²) in [6.07, 6.45) is 16.6. The quantitative estimate of drug-likeness (QED) is 0.592. The largest absolute Gasteiger partial charge is 0.380 e. The second-order valence-corrected chi connectivity index (χ2v) is 7.37. The fraction of sp³-hybridized carbons (Fsp3) is 0.706. The fourth-order valence-electron chi connectivity index (χ4n) is 3.05. The molecule has 0 atom stereocenters. The Hall–Kier alpha value is -0.280. The van der Waals surface area contributed by atoms with Crippen LogP contribution in [0.5, 0.6) is 0 Å². The van der Waals surface area contributed by atoms with Crippen molar-refractivity contribution in [3.8, 4) is 0 Å². The third-order valence-electron chi connectivity index (χ3n) is 4.27. The third-order valence-corrected chi connectivity index (χ3v) is 5.01. The first-order valence-corrected chi connectivity index (χ1v) is 9.50. The highest BCUT2D eigenvalue weighted by Gasteiger charge is 2.12. The molecule has 2 rings (SSSR count). The van der Waals surface area contributed by atoms with Crippen LogP contribution in [0.4, 0.5) is 5.69 Å². The van der Waals surface area contributed by atoms with E-state index in [9.17, 15) is 0 Å². The summed E-state index contributed by atoms with van der Waals surface area (Å²) >= 11 is 9.67. The molecule has 0 saturated heterocycles. The maximum Gasteiger partial charge on any atom is 0.152 e. The molecular weight excluding hydrogens is 348 g/mol. The van der Waals surface area contributed by atoms with E-state index in [1.165, 1.54) is 70.6 Å². The molecule has 1 aliphatic rings. The zero-order valence-corrected chi connectivity index (χ0v) is 15.1. The lowest BCUT2D eigenvalue weighted by atomic mass is 9.98. The summed E-state index contributed by atoms with van der Waals surface area (Å²) < 4.78 is 0.975. The van der Waals surface area contributed by atoms with Crippen molar-refractivity contribution in [1.82, 2.24) is 4.98 Å². The predicted octanol–water partition coefficient (Wildman–Crippen LogP) is 6.58. The van der Waals surface area contributed by atoms with E-state index < -0.39 is 0 Å². The smallest absolute Gasteiger partial charge is 0.152 e. The van der Waals surface area contributed by atoms with Crippen molar-refractivity contribution < 1.29 is 0 Å². The molecule has 21 heavy (non-hydrogen) atoms. The van der Waals surface area contributed by atoms with Crippen LogP contribution in [-0.2, 0) is 0 Å². The first-order chi connectivity index (χ1) is 10.3. The summed E-state index contributed by atoms with van der Waals surface area (Å²) in [6.45, 7) is 0. The van der Waals surface area contributed by atoms with E-state index in [0.29, 0.717) is 11.2 Å². The van der Waals surface area contributed by atoms with Crippen molar-refractivity contribution in [2.75, 3.05) is 5.32 Å². The number of nitrogens with zero attached hydrogens (tertiary/aromatic N) is 1. The molecule has 118 valence electrons. The van der Waals surface area contributed by atoms with Crippen LogP contribution in [0.25, 0.3) is 0 Å². The normalized spacial score (nSPS) is 19.5. The Morgan fingerprint density at radius 3 is 2.05 bits per heavy atom. The van der Waals surface area contributed by atoms with Gasteiger partial charge in [0.1, 0.15) is 0 Å². The summed E-state index contributed by atoms with van der Waals surface area (Å²) in [5.41, 5.74) is 0.961. The maximum absolute atomic E-state index is 6.20. The van der Waals surface area contributed by atoms with E-state index in [2.05, 4.69) is 26.2 Å². The highest BCUT2D eigenvalue weighted by molar-refractivity contribution is 9.10. The molecule has 1 aromatic heterocycles. The van der Waals surface area contributed by atoms with Crippen LogP contribution >= 0.6 is 27.5 Å². The minimum atomic E-state index is 0.526. The van der Waals surface area contributed by atoms with Crippen molar-refractivity contribution >= 4 is 33.2 Å². The molecule has 0 radical (unpaired) electrons. The van der Waals surface area contributed by atoms with E-state index in [4.69, 9.17) is 11.6 Å². The van der Waals surface area contributed by atoms with Crippen LogP contribution in [0.2, 0.25) is 5.15 Å². The van der Waals surface area contributed by atoms with Gasteiger partial charge in [0.2, 0.25) is 0 Å². The predicted molar refractivity (Wildman–Crippen MR) is 95.1 cm³/mol. The number of hydrogen-bond donors (Lipinski definition) is 1. The average Bonchev–Trinajstić information content (AvgIpc) is 2.45. The van der Waals surface area contributed by atoms with Crippen LogP contribution < -0.4 is 5.32 Å². The van der Waals surface area contributed by atoms with Gasteiger partial charge in [-0.25, -0.2) is 4.98 Å². The van der Waals surface area contributed by atoms with E-state index in [-0.39, 0.29) is 0 Å². The zero-order valence-electron chi connectivity index (χ0n) is 12.7. The van der Waals surface area contributed by atoms with E-state index >= 15 is 0 Å². The second-order valence-electron chi connectivity index (χ2n) is 6.09. The lowest BCUT2D eigenvalue weighted by Gasteiger charge is -2.21. The summed E-state index contributed by atoms with van der Waals surface area (Å²) in [5.74, 6) is 0. The third kappa shape index (κ3) is 6.56.